The van der Waals surface area contributed by atoms with Crippen molar-refractivity contribution >= 4 is 23.7 Å². The number of amidine groups is 1. The Morgan fingerprint density at radius 3 is 2.64 bits per heavy atom. The maximum atomic E-state index is 5.92. The summed E-state index contributed by atoms with van der Waals surface area (Å²) in [6.07, 6.45) is 5.54. The number of piperidine rings is 1. The van der Waals surface area contributed by atoms with Crippen molar-refractivity contribution in [1.29, 1.82) is 0 Å². The molecule has 0 aromatic heterocycles. The van der Waals surface area contributed by atoms with Gasteiger partial charge in [-0.3, -0.25) is 0 Å². The molecular formula is C17H25ClN4. The Labute approximate surface area is 138 Å². The molecule has 1 aliphatic rings. The fourth-order valence-electron chi connectivity index (χ4n) is 2.55. The standard InChI is InChI=1S/C17H25ClN4/c1-14-8-12-22(13-9-14)11-3-10-20-17(21-19-2)15-4-6-16(18)7-5-15/h4-7,10,14,19H,3,8-9,11-13H2,1-2H3/b20-10?,21-17-. The minimum absolute atomic E-state index is 0.687. The molecule has 1 aliphatic heterocycles. The first-order valence-corrected chi connectivity index (χ1v) is 8.32. The van der Waals surface area contributed by atoms with Gasteiger partial charge in [0, 0.05) is 30.4 Å². The fourth-order valence-corrected chi connectivity index (χ4v) is 2.68. The van der Waals surface area contributed by atoms with Crippen molar-refractivity contribution in [1.82, 2.24) is 10.3 Å². The lowest BCUT2D eigenvalue weighted by atomic mass is 9.99. The average molecular weight is 321 g/mol. The van der Waals surface area contributed by atoms with Gasteiger partial charge < -0.3 is 10.3 Å². The Bertz CT molecular complexity index is 502. The smallest absolute Gasteiger partial charge is 0.178 e. The molecule has 0 bridgehead atoms. The lowest BCUT2D eigenvalue weighted by molar-refractivity contribution is 0.197. The number of aliphatic imine (C=N–C) groups is 1. The molecule has 0 saturated carbocycles. The first kappa shape index (κ1) is 17.0. The summed E-state index contributed by atoms with van der Waals surface area (Å²) in [6.45, 7) is 5.84. The molecule has 2 rings (SSSR count). The van der Waals surface area contributed by atoms with Crippen molar-refractivity contribution in [3.8, 4) is 0 Å². The van der Waals surface area contributed by atoms with Crippen LogP contribution in [0.5, 0.6) is 0 Å². The van der Waals surface area contributed by atoms with Gasteiger partial charge in [-0.1, -0.05) is 18.5 Å². The number of hydrazone groups is 1. The summed E-state index contributed by atoms with van der Waals surface area (Å²) in [6, 6.07) is 7.57. The van der Waals surface area contributed by atoms with Crippen LogP contribution >= 0.6 is 11.6 Å². The Kier molecular flexibility index (Phi) is 6.87. The second-order valence-corrected chi connectivity index (χ2v) is 6.23. The van der Waals surface area contributed by atoms with Crippen LogP contribution in [-0.2, 0) is 0 Å². The van der Waals surface area contributed by atoms with Crippen LogP contribution in [0.15, 0.2) is 34.4 Å². The maximum absolute atomic E-state index is 5.92. The Hall–Kier alpha value is -1.39. The molecule has 0 unspecified atom stereocenters. The lowest BCUT2D eigenvalue weighted by Crippen LogP contribution is -2.33. The van der Waals surface area contributed by atoms with Gasteiger partial charge in [-0.15, -0.1) is 0 Å². The van der Waals surface area contributed by atoms with Gasteiger partial charge in [0.2, 0.25) is 0 Å². The predicted molar refractivity (Wildman–Crippen MR) is 95.0 cm³/mol. The number of likely N-dealkylation sites (tertiary alicyclic amines) is 1. The Morgan fingerprint density at radius 2 is 2.00 bits per heavy atom. The van der Waals surface area contributed by atoms with Crippen molar-refractivity contribution < 1.29 is 0 Å². The highest BCUT2D eigenvalue weighted by Gasteiger charge is 2.14. The highest BCUT2D eigenvalue weighted by Crippen LogP contribution is 2.15. The lowest BCUT2D eigenvalue weighted by Gasteiger charge is -2.29. The van der Waals surface area contributed by atoms with E-state index in [4.69, 9.17) is 11.6 Å². The minimum Gasteiger partial charge on any atom is -0.311 e. The molecule has 0 spiro atoms. The van der Waals surface area contributed by atoms with Gasteiger partial charge in [0.05, 0.1) is 0 Å². The summed E-state index contributed by atoms with van der Waals surface area (Å²) in [7, 11) is 1.78. The van der Waals surface area contributed by atoms with Gasteiger partial charge in [-0.2, -0.15) is 5.10 Å². The molecule has 1 aromatic rings. The number of rotatable bonds is 5. The van der Waals surface area contributed by atoms with E-state index in [0.29, 0.717) is 5.84 Å². The maximum Gasteiger partial charge on any atom is 0.178 e. The molecule has 1 heterocycles. The summed E-state index contributed by atoms with van der Waals surface area (Å²) in [5.41, 5.74) is 3.77. The molecular weight excluding hydrogens is 296 g/mol. The summed E-state index contributed by atoms with van der Waals surface area (Å²) in [5, 5.41) is 4.95. The molecule has 1 aromatic carbocycles. The predicted octanol–water partition coefficient (Wildman–Crippen LogP) is 3.41. The molecule has 0 aliphatic carbocycles. The van der Waals surface area contributed by atoms with E-state index in [0.717, 1.165) is 29.5 Å². The van der Waals surface area contributed by atoms with E-state index in [1.54, 1.807) is 7.05 Å². The van der Waals surface area contributed by atoms with E-state index in [9.17, 15) is 0 Å². The first-order chi connectivity index (χ1) is 10.7. The van der Waals surface area contributed by atoms with Crippen LogP contribution in [0.2, 0.25) is 5.02 Å². The number of nitrogens with one attached hydrogen (secondary N) is 1. The molecule has 22 heavy (non-hydrogen) atoms. The largest absolute Gasteiger partial charge is 0.311 e. The molecule has 4 nitrogen and oxygen atoms in total. The van der Waals surface area contributed by atoms with Crippen LogP contribution in [0.25, 0.3) is 0 Å². The van der Waals surface area contributed by atoms with Crippen molar-refractivity contribution in [3.05, 3.63) is 34.9 Å². The first-order valence-electron chi connectivity index (χ1n) is 7.94. The summed E-state index contributed by atoms with van der Waals surface area (Å²) < 4.78 is 0. The monoisotopic (exact) mass is 320 g/mol. The van der Waals surface area contributed by atoms with Crippen LogP contribution in [0.4, 0.5) is 0 Å². The summed E-state index contributed by atoms with van der Waals surface area (Å²) in [4.78, 5) is 7.02. The zero-order valence-corrected chi connectivity index (χ0v) is 14.2. The molecule has 1 N–H and O–H groups in total. The quantitative estimate of drug-likeness (QED) is 0.513. The third-order valence-electron chi connectivity index (χ3n) is 3.98. The molecule has 5 heteroatoms. The fraction of sp³-hybridized carbons (Fsp3) is 0.529. The Balaban J connectivity index is 1.86. The second kappa shape index (κ2) is 8.91. The van der Waals surface area contributed by atoms with E-state index in [-0.39, 0.29) is 0 Å². The van der Waals surface area contributed by atoms with Crippen LogP contribution < -0.4 is 5.43 Å². The molecule has 0 atom stereocenters. The number of hydrogen-bond acceptors (Lipinski definition) is 3. The summed E-state index contributed by atoms with van der Waals surface area (Å²) in [5.74, 6) is 1.57. The SMILES string of the molecule is CN/N=C(\N=CCCN1CCC(C)CC1)c1ccc(Cl)cc1. The molecule has 1 saturated heterocycles. The third kappa shape index (κ3) is 5.43. The molecule has 0 amide bonds. The van der Waals surface area contributed by atoms with Crippen LogP contribution in [0.1, 0.15) is 31.7 Å². The molecule has 0 radical (unpaired) electrons. The van der Waals surface area contributed by atoms with E-state index >= 15 is 0 Å². The van der Waals surface area contributed by atoms with Crippen molar-refractivity contribution in [2.75, 3.05) is 26.7 Å². The van der Waals surface area contributed by atoms with Crippen molar-refractivity contribution in [2.45, 2.75) is 26.2 Å². The van der Waals surface area contributed by atoms with E-state index in [1.165, 1.54) is 25.9 Å². The van der Waals surface area contributed by atoms with Gasteiger partial charge in [0.1, 0.15) is 0 Å². The van der Waals surface area contributed by atoms with Gasteiger partial charge in [0.25, 0.3) is 0 Å². The van der Waals surface area contributed by atoms with E-state index in [2.05, 4.69) is 27.3 Å². The number of halogens is 1. The van der Waals surface area contributed by atoms with E-state index < -0.39 is 0 Å². The topological polar surface area (TPSA) is 40.0 Å². The normalized spacial score (nSPS) is 18.0. The van der Waals surface area contributed by atoms with Gasteiger partial charge in [-0.25, -0.2) is 4.99 Å². The average Bonchev–Trinajstić information content (AvgIpc) is 2.53. The summed E-state index contributed by atoms with van der Waals surface area (Å²) >= 11 is 5.92. The van der Waals surface area contributed by atoms with Gasteiger partial charge >= 0.3 is 0 Å². The van der Waals surface area contributed by atoms with Crippen molar-refractivity contribution in [2.24, 2.45) is 16.0 Å². The number of hydrogen-bond donors (Lipinski definition) is 1. The number of nitrogens with zero attached hydrogens (tertiary/aromatic N) is 3. The number of benzene rings is 1. The van der Waals surface area contributed by atoms with Gasteiger partial charge in [0.15, 0.2) is 5.84 Å². The molecule has 1 fully saturated rings. The van der Waals surface area contributed by atoms with Crippen LogP contribution in [0.3, 0.4) is 0 Å². The van der Waals surface area contributed by atoms with Crippen LogP contribution in [-0.4, -0.2) is 43.6 Å². The molecule has 120 valence electrons. The van der Waals surface area contributed by atoms with E-state index in [1.807, 2.05) is 30.5 Å². The van der Waals surface area contributed by atoms with Gasteiger partial charge in [-0.05, 0) is 62.5 Å². The highest BCUT2D eigenvalue weighted by molar-refractivity contribution is 6.30. The van der Waals surface area contributed by atoms with Crippen LogP contribution in [0, 0.1) is 5.92 Å². The minimum atomic E-state index is 0.687. The Morgan fingerprint density at radius 1 is 1.32 bits per heavy atom. The highest BCUT2D eigenvalue weighted by atomic mass is 35.5. The zero-order chi connectivity index (χ0) is 15.8. The third-order valence-corrected chi connectivity index (χ3v) is 4.24. The second-order valence-electron chi connectivity index (χ2n) is 5.79. The zero-order valence-electron chi connectivity index (χ0n) is 13.4. The van der Waals surface area contributed by atoms with Crippen molar-refractivity contribution in [3.63, 3.8) is 0 Å².